The first-order valence-corrected chi connectivity index (χ1v) is 8.34. The number of ether oxygens (including phenoxy) is 2. The van der Waals surface area contributed by atoms with E-state index in [2.05, 4.69) is 5.32 Å². The number of hydrogen-bond donors (Lipinski definition) is 3. The van der Waals surface area contributed by atoms with Crippen LogP contribution in [-0.2, 0) is 4.74 Å². The lowest BCUT2D eigenvalue weighted by atomic mass is 9.95. The average Bonchev–Trinajstić information content (AvgIpc) is 2.66. The zero-order valence-electron chi connectivity index (χ0n) is 14.7. The van der Waals surface area contributed by atoms with Gasteiger partial charge in [-0.1, -0.05) is 29.8 Å². The average molecular weight is 355 g/mol. The number of aryl methyl sites for hydroxylation is 1. The number of ketones is 1. The minimum absolute atomic E-state index is 0.0746. The van der Waals surface area contributed by atoms with Crippen LogP contribution in [-0.4, -0.2) is 36.3 Å². The van der Waals surface area contributed by atoms with Gasteiger partial charge in [-0.15, -0.1) is 0 Å². The fourth-order valence-electron chi connectivity index (χ4n) is 2.77. The number of Topliss-reactive ketones (excluding diaryl/α,β-unsaturated/α-hetero) is 1. The molecule has 1 aliphatic heterocycles. The summed E-state index contributed by atoms with van der Waals surface area (Å²) in [6.07, 6.45) is 0.833. The molecule has 0 spiro atoms. The number of methoxy groups -OCH3 is 1. The number of rotatable bonds is 4. The topological polar surface area (TPSA) is 88.0 Å². The van der Waals surface area contributed by atoms with Crippen LogP contribution in [0.25, 0.3) is 5.57 Å². The highest BCUT2D eigenvalue weighted by atomic mass is 16.5. The van der Waals surface area contributed by atoms with Gasteiger partial charge in [0.2, 0.25) is 5.75 Å². The molecule has 0 atom stereocenters. The lowest BCUT2D eigenvalue weighted by molar-refractivity contribution is 0.104. The van der Waals surface area contributed by atoms with E-state index < -0.39 is 0 Å². The van der Waals surface area contributed by atoms with Gasteiger partial charge in [0, 0.05) is 12.1 Å². The molecule has 2 aromatic rings. The van der Waals surface area contributed by atoms with Crippen LogP contribution in [0.15, 0.2) is 42.3 Å². The molecule has 1 saturated heterocycles. The van der Waals surface area contributed by atoms with Crippen molar-refractivity contribution in [2.45, 2.75) is 13.3 Å². The maximum Gasteiger partial charge on any atom is 0.200 e. The number of phenolic OH excluding ortho intramolecular Hbond substituents is 2. The van der Waals surface area contributed by atoms with Crippen LogP contribution in [0.3, 0.4) is 0 Å². The molecule has 0 aliphatic carbocycles. The Morgan fingerprint density at radius 1 is 1.15 bits per heavy atom. The van der Waals surface area contributed by atoms with E-state index in [9.17, 15) is 15.0 Å². The highest BCUT2D eigenvalue weighted by Crippen LogP contribution is 2.39. The quantitative estimate of drug-likeness (QED) is 0.444. The van der Waals surface area contributed by atoms with Gasteiger partial charge in [-0.3, -0.25) is 4.79 Å². The van der Waals surface area contributed by atoms with Gasteiger partial charge in [0.05, 0.1) is 19.3 Å². The third kappa shape index (κ3) is 3.44. The van der Waals surface area contributed by atoms with Crippen molar-refractivity contribution in [3.05, 3.63) is 59.0 Å². The van der Waals surface area contributed by atoms with E-state index in [0.29, 0.717) is 30.2 Å². The lowest BCUT2D eigenvalue weighted by Gasteiger charge is -2.22. The largest absolute Gasteiger partial charge is 0.504 e. The molecular formula is C20H21NO5. The molecule has 1 heterocycles. The maximum absolute atomic E-state index is 13.2. The first-order chi connectivity index (χ1) is 12.5. The Balaban J connectivity index is 2.15. The van der Waals surface area contributed by atoms with E-state index in [1.807, 2.05) is 19.1 Å². The standard InChI is InChI=1S/C20H21NO5/c1-12-4-6-13(7-5-12)18(23)17(20-21-8-3-9-26-20)14-10-15(22)19(24)16(11-14)25-2/h4-7,10-11,21-22,24H,3,8-9H2,1-2H3/b20-17+. The van der Waals surface area contributed by atoms with Gasteiger partial charge < -0.3 is 25.0 Å². The van der Waals surface area contributed by atoms with E-state index >= 15 is 0 Å². The molecule has 136 valence electrons. The first-order valence-electron chi connectivity index (χ1n) is 8.34. The third-order valence-electron chi connectivity index (χ3n) is 4.18. The van der Waals surface area contributed by atoms with Crippen LogP contribution in [0.1, 0.15) is 27.9 Å². The van der Waals surface area contributed by atoms with Crippen LogP contribution in [0, 0.1) is 6.92 Å². The zero-order valence-corrected chi connectivity index (χ0v) is 14.7. The van der Waals surface area contributed by atoms with Crippen molar-refractivity contribution in [2.24, 2.45) is 0 Å². The van der Waals surface area contributed by atoms with Crippen molar-refractivity contribution in [1.29, 1.82) is 0 Å². The molecule has 2 aromatic carbocycles. The third-order valence-corrected chi connectivity index (χ3v) is 4.18. The van der Waals surface area contributed by atoms with Gasteiger partial charge >= 0.3 is 0 Å². The van der Waals surface area contributed by atoms with E-state index in [-0.39, 0.29) is 28.6 Å². The van der Waals surface area contributed by atoms with Crippen molar-refractivity contribution < 1.29 is 24.5 Å². The molecule has 0 amide bonds. The summed E-state index contributed by atoms with van der Waals surface area (Å²) in [5.74, 6) is -0.563. The lowest BCUT2D eigenvalue weighted by Crippen LogP contribution is -2.27. The minimum Gasteiger partial charge on any atom is -0.504 e. The monoisotopic (exact) mass is 355 g/mol. The molecule has 0 aromatic heterocycles. The Hall–Kier alpha value is -3.15. The molecule has 26 heavy (non-hydrogen) atoms. The highest BCUT2D eigenvalue weighted by molar-refractivity contribution is 6.29. The van der Waals surface area contributed by atoms with Crippen LogP contribution in [0.5, 0.6) is 17.2 Å². The molecule has 0 unspecified atom stereocenters. The number of benzene rings is 2. The molecule has 1 fully saturated rings. The summed E-state index contributed by atoms with van der Waals surface area (Å²) in [5.41, 5.74) is 2.22. The van der Waals surface area contributed by atoms with Crippen LogP contribution >= 0.6 is 0 Å². The Bertz CT molecular complexity index is 847. The second-order valence-corrected chi connectivity index (χ2v) is 6.07. The Kier molecular flexibility index (Phi) is 5.02. The fraction of sp³-hybridized carbons (Fsp3) is 0.250. The molecule has 0 bridgehead atoms. The van der Waals surface area contributed by atoms with Crippen molar-refractivity contribution in [2.75, 3.05) is 20.3 Å². The number of nitrogens with one attached hydrogen (secondary N) is 1. The molecule has 0 saturated carbocycles. The Labute approximate surface area is 151 Å². The van der Waals surface area contributed by atoms with Crippen LogP contribution < -0.4 is 10.1 Å². The van der Waals surface area contributed by atoms with E-state index in [0.717, 1.165) is 12.0 Å². The number of carbonyl (C=O) groups excluding carboxylic acids is 1. The maximum atomic E-state index is 13.2. The number of aromatic hydroxyl groups is 2. The number of allylic oxidation sites excluding steroid dienone is 1. The summed E-state index contributed by atoms with van der Waals surface area (Å²) in [6, 6.07) is 10.0. The predicted octanol–water partition coefficient (Wildman–Crippen LogP) is 2.98. The van der Waals surface area contributed by atoms with Gasteiger partial charge in [0.15, 0.2) is 23.2 Å². The first kappa shape index (κ1) is 17.7. The predicted molar refractivity (Wildman–Crippen MR) is 97.3 cm³/mol. The molecule has 3 N–H and O–H groups in total. The number of carbonyl (C=O) groups is 1. The fourth-order valence-corrected chi connectivity index (χ4v) is 2.77. The molecule has 6 heteroatoms. The van der Waals surface area contributed by atoms with E-state index in [4.69, 9.17) is 9.47 Å². The van der Waals surface area contributed by atoms with Crippen molar-refractivity contribution in [1.82, 2.24) is 5.32 Å². The Morgan fingerprint density at radius 2 is 1.88 bits per heavy atom. The van der Waals surface area contributed by atoms with Crippen LogP contribution in [0.2, 0.25) is 0 Å². The number of hydrogen-bond acceptors (Lipinski definition) is 6. The summed E-state index contributed by atoms with van der Waals surface area (Å²) in [7, 11) is 1.38. The van der Waals surface area contributed by atoms with Crippen LogP contribution in [0.4, 0.5) is 0 Å². The summed E-state index contributed by atoms with van der Waals surface area (Å²) in [4.78, 5) is 13.2. The number of phenols is 2. The van der Waals surface area contributed by atoms with Gasteiger partial charge in [-0.25, -0.2) is 0 Å². The smallest absolute Gasteiger partial charge is 0.200 e. The van der Waals surface area contributed by atoms with Crippen molar-refractivity contribution in [3.63, 3.8) is 0 Å². The molecule has 6 nitrogen and oxygen atoms in total. The molecular weight excluding hydrogens is 334 g/mol. The second-order valence-electron chi connectivity index (χ2n) is 6.07. The van der Waals surface area contributed by atoms with Gasteiger partial charge in [0.25, 0.3) is 0 Å². The second kappa shape index (κ2) is 7.39. The van der Waals surface area contributed by atoms with Gasteiger partial charge in [-0.05, 0) is 31.0 Å². The molecule has 3 rings (SSSR count). The van der Waals surface area contributed by atoms with Crippen molar-refractivity contribution >= 4 is 11.4 Å². The zero-order chi connectivity index (χ0) is 18.7. The summed E-state index contributed by atoms with van der Waals surface area (Å²) >= 11 is 0. The van der Waals surface area contributed by atoms with Gasteiger partial charge in [-0.2, -0.15) is 0 Å². The molecule has 0 radical (unpaired) electrons. The summed E-state index contributed by atoms with van der Waals surface area (Å²) in [5, 5.41) is 23.0. The highest BCUT2D eigenvalue weighted by Gasteiger charge is 2.24. The van der Waals surface area contributed by atoms with E-state index in [1.54, 1.807) is 12.1 Å². The Morgan fingerprint density at radius 3 is 2.50 bits per heavy atom. The van der Waals surface area contributed by atoms with E-state index in [1.165, 1.54) is 19.2 Å². The summed E-state index contributed by atoms with van der Waals surface area (Å²) in [6.45, 7) is 3.12. The molecule has 1 aliphatic rings. The van der Waals surface area contributed by atoms with Gasteiger partial charge in [0.1, 0.15) is 0 Å². The minimum atomic E-state index is -0.374. The normalized spacial score (nSPS) is 15.6. The summed E-state index contributed by atoms with van der Waals surface area (Å²) < 4.78 is 10.8. The SMILES string of the molecule is COc1cc(/C(C(=O)c2ccc(C)cc2)=C2/NCCCO2)cc(O)c1O. The van der Waals surface area contributed by atoms with Crippen molar-refractivity contribution in [3.8, 4) is 17.2 Å².